The number of hydrogen-bond donors (Lipinski definition) is 2. The van der Waals surface area contributed by atoms with Crippen molar-refractivity contribution < 1.29 is 4.74 Å². The van der Waals surface area contributed by atoms with Crippen molar-refractivity contribution in [2.45, 2.75) is 33.2 Å². The summed E-state index contributed by atoms with van der Waals surface area (Å²) in [6, 6.07) is 5.94. The third kappa shape index (κ3) is 4.23. The molecule has 2 aromatic heterocycles. The van der Waals surface area contributed by atoms with E-state index >= 15 is 0 Å². The van der Waals surface area contributed by atoms with E-state index in [-0.39, 0.29) is 6.04 Å². The van der Waals surface area contributed by atoms with E-state index in [0.717, 1.165) is 40.1 Å². The second-order valence-electron chi connectivity index (χ2n) is 6.75. The van der Waals surface area contributed by atoms with Crippen molar-refractivity contribution in [1.29, 1.82) is 0 Å². The highest BCUT2D eigenvalue weighted by atomic mass is 32.1. The average molecular weight is 372 g/mol. The number of aryl methyl sites for hydroxylation is 1. The highest BCUT2D eigenvalue weighted by molar-refractivity contribution is 7.13. The highest BCUT2D eigenvalue weighted by Gasteiger charge is 2.13. The highest BCUT2D eigenvalue weighted by Crippen LogP contribution is 2.30. The molecule has 0 aliphatic heterocycles. The van der Waals surface area contributed by atoms with E-state index in [1.54, 1.807) is 24.8 Å². The molecule has 1 aromatic carbocycles. The van der Waals surface area contributed by atoms with Crippen LogP contribution in [0.2, 0.25) is 0 Å². The number of aromatic nitrogens is 3. The van der Waals surface area contributed by atoms with Gasteiger partial charge in [0, 0.05) is 29.4 Å². The van der Waals surface area contributed by atoms with Gasteiger partial charge in [-0.15, -0.1) is 11.3 Å². The molecule has 0 aliphatic carbocycles. The molecule has 1 unspecified atom stereocenters. The number of nitrogens with one attached hydrogen (secondary N) is 1. The number of nitrogens with zero attached hydrogens (tertiary/aromatic N) is 3. The predicted molar refractivity (Wildman–Crippen MR) is 107 cm³/mol. The number of rotatable bonds is 7. The number of methoxy groups -OCH3 is 1. The maximum Gasteiger partial charge on any atom is 0.187 e. The lowest BCUT2D eigenvalue weighted by atomic mass is 10.0. The Balaban J connectivity index is 1.77. The zero-order valence-corrected chi connectivity index (χ0v) is 16.4. The van der Waals surface area contributed by atoms with Crippen LogP contribution in [0.15, 0.2) is 36.1 Å². The molecule has 0 radical (unpaired) electrons. The van der Waals surface area contributed by atoms with Crippen molar-refractivity contribution in [3.8, 4) is 11.4 Å². The van der Waals surface area contributed by atoms with Crippen molar-refractivity contribution in [2.75, 3.05) is 12.4 Å². The van der Waals surface area contributed by atoms with Crippen LogP contribution in [-0.4, -0.2) is 21.6 Å². The zero-order chi connectivity index (χ0) is 18.7. The SMILES string of the molecule is COc1cc(Nc2nc(C(N)CC(C)C)cs2)ccc1-n1cnc(C)c1. The Bertz CT molecular complexity index is 870. The molecule has 0 amide bonds. The number of benzene rings is 1. The van der Waals surface area contributed by atoms with Gasteiger partial charge < -0.3 is 20.4 Å². The molecule has 26 heavy (non-hydrogen) atoms. The van der Waals surface area contributed by atoms with Crippen molar-refractivity contribution >= 4 is 22.2 Å². The van der Waals surface area contributed by atoms with Crippen LogP contribution in [0.1, 0.15) is 37.7 Å². The lowest BCUT2D eigenvalue weighted by Gasteiger charge is -2.12. The number of thiazole rings is 1. The molecular formula is C19H25N5OS. The summed E-state index contributed by atoms with van der Waals surface area (Å²) in [6.07, 6.45) is 4.67. The summed E-state index contributed by atoms with van der Waals surface area (Å²) < 4.78 is 7.50. The smallest absolute Gasteiger partial charge is 0.187 e. The first kappa shape index (κ1) is 18.4. The molecule has 0 spiro atoms. The summed E-state index contributed by atoms with van der Waals surface area (Å²) in [5.74, 6) is 1.31. The van der Waals surface area contributed by atoms with E-state index in [4.69, 9.17) is 10.5 Å². The Hall–Kier alpha value is -2.38. The van der Waals surface area contributed by atoms with Crippen LogP contribution in [0.25, 0.3) is 5.69 Å². The minimum Gasteiger partial charge on any atom is -0.494 e. The largest absolute Gasteiger partial charge is 0.494 e. The molecule has 0 bridgehead atoms. The zero-order valence-electron chi connectivity index (χ0n) is 15.6. The predicted octanol–water partition coefficient (Wildman–Crippen LogP) is 4.44. The lowest BCUT2D eigenvalue weighted by molar-refractivity contribution is 0.413. The maximum atomic E-state index is 6.22. The van der Waals surface area contributed by atoms with E-state index in [9.17, 15) is 0 Å². The Kier molecular flexibility index (Phi) is 5.58. The molecule has 0 fully saturated rings. The number of nitrogens with two attached hydrogens (primary N) is 1. The second-order valence-corrected chi connectivity index (χ2v) is 7.61. The summed E-state index contributed by atoms with van der Waals surface area (Å²) >= 11 is 1.56. The van der Waals surface area contributed by atoms with Gasteiger partial charge in [-0.25, -0.2) is 9.97 Å². The standard InChI is InChI=1S/C19H25N5OS/c1-12(2)7-15(20)16-10-26-19(23-16)22-14-5-6-17(18(8-14)25-4)24-9-13(3)21-11-24/h5-6,8-12,15H,7,20H2,1-4H3,(H,22,23). The van der Waals surface area contributed by atoms with E-state index in [1.807, 2.05) is 41.3 Å². The number of imidazole rings is 1. The summed E-state index contributed by atoms with van der Waals surface area (Å²) in [5.41, 5.74) is 9.98. The minimum absolute atomic E-state index is 0.0248. The van der Waals surface area contributed by atoms with Crippen LogP contribution < -0.4 is 15.8 Å². The minimum atomic E-state index is -0.0248. The molecule has 6 nitrogen and oxygen atoms in total. The van der Waals surface area contributed by atoms with Crippen molar-refractivity contribution in [2.24, 2.45) is 11.7 Å². The van der Waals surface area contributed by atoms with E-state index in [1.165, 1.54) is 0 Å². The third-order valence-corrected chi connectivity index (χ3v) is 4.82. The van der Waals surface area contributed by atoms with Crippen LogP contribution in [0.3, 0.4) is 0 Å². The van der Waals surface area contributed by atoms with E-state index in [0.29, 0.717) is 5.92 Å². The molecule has 0 aliphatic rings. The lowest BCUT2D eigenvalue weighted by Crippen LogP contribution is -2.13. The van der Waals surface area contributed by atoms with Gasteiger partial charge in [0.05, 0.1) is 30.5 Å². The number of anilines is 2. The summed E-state index contributed by atoms with van der Waals surface area (Å²) in [6.45, 7) is 6.30. The number of hydrogen-bond acceptors (Lipinski definition) is 6. The molecule has 138 valence electrons. The Morgan fingerprint density at radius 2 is 2.15 bits per heavy atom. The summed E-state index contributed by atoms with van der Waals surface area (Å²) in [4.78, 5) is 8.89. The van der Waals surface area contributed by atoms with Gasteiger partial charge in [-0.3, -0.25) is 0 Å². The third-order valence-electron chi connectivity index (χ3n) is 4.05. The first-order chi connectivity index (χ1) is 12.5. The van der Waals surface area contributed by atoms with Gasteiger partial charge in [0.25, 0.3) is 0 Å². The maximum absolute atomic E-state index is 6.22. The Labute approximate surface area is 158 Å². The monoisotopic (exact) mass is 371 g/mol. The van der Waals surface area contributed by atoms with E-state index < -0.39 is 0 Å². The Morgan fingerprint density at radius 3 is 2.81 bits per heavy atom. The number of ether oxygens (including phenoxy) is 1. The average Bonchev–Trinajstić information content (AvgIpc) is 3.23. The van der Waals surface area contributed by atoms with Crippen molar-refractivity contribution in [3.05, 3.63) is 47.5 Å². The van der Waals surface area contributed by atoms with Crippen LogP contribution >= 0.6 is 11.3 Å². The molecule has 1 atom stereocenters. The fraction of sp³-hybridized carbons (Fsp3) is 0.368. The van der Waals surface area contributed by atoms with Crippen LogP contribution in [0, 0.1) is 12.8 Å². The first-order valence-corrected chi connectivity index (χ1v) is 9.51. The molecular weight excluding hydrogens is 346 g/mol. The van der Waals surface area contributed by atoms with Gasteiger partial charge in [0.2, 0.25) is 0 Å². The van der Waals surface area contributed by atoms with Gasteiger partial charge in [-0.05, 0) is 31.4 Å². The van der Waals surface area contributed by atoms with Crippen LogP contribution in [0.4, 0.5) is 10.8 Å². The Morgan fingerprint density at radius 1 is 1.35 bits per heavy atom. The van der Waals surface area contributed by atoms with Gasteiger partial charge in [-0.1, -0.05) is 13.8 Å². The topological polar surface area (TPSA) is 78.0 Å². The van der Waals surface area contributed by atoms with Gasteiger partial charge in [0.1, 0.15) is 5.75 Å². The summed E-state index contributed by atoms with van der Waals surface area (Å²) in [7, 11) is 1.67. The molecule has 0 saturated heterocycles. The molecule has 2 heterocycles. The second kappa shape index (κ2) is 7.88. The quantitative estimate of drug-likeness (QED) is 0.642. The molecule has 3 N–H and O–H groups in total. The van der Waals surface area contributed by atoms with E-state index in [2.05, 4.69) is 29.1 Å². The normalized spacial score (nSPS) is 12.4. The van der Waals surface area contributed by atoms with Gasteiger partial charge in [-0.2, -0.15) is 0 Å². The van der Waals surface area contributed by atoms with Crippen LogP contribution in [-0.2, 0) is 0 Å². The molecule has 7 heteroatoms. The fourth-order valence-electron chi connectivity index (χ4n) is 2.79. The van der Waals surface area contributed by atoms with Crippen LogP contribution in [0.5, 0.6) is 5.75 Å². The van der Waals surface area contributed by atoms with Gasteiger partial charge >= 0.3 is 0 Å². The first-order valence-electron chi connectivity index (χ1n) is 8.63. The van der Waals surface area contributed by atoms with Crippen molar-refractivity contribution in [1.82, 2.24) is 14.5 Å². The van der Waals surface area contributed by atoms with Gasteiger partial charge in [0.15, 0.2) is 5.13 Å². The van der Waals surface area contributed by atoms with Crippen molar-refractivity contribution in [3.63, 3.8) is 0 Å². The molecule has 0 saturated carbocycles. The molecule has 3 aromatic rings. The summed E-state index contributed by atoms with van der Waals surface area (Å²) in [5, 5.41) is 6.19. The fourth-order valence-corrected chi connectivity index (χ4v) is 3.58. The molecule has 3 rings (SSSR count).